The average molecular weight is 495 g/mol. The largest absolute Gasteiger partial charge is 0.496 e. The number of esters is 1. The highest BCUT2D eigenvalue weighted by Crippen LogP contribution is 2.28. The van der Waals surface area contributed by atoms with Crippen LogP contribution in [0.3, 0.4) is 0 Å². The molecule has 184 valence electrons. The zero-order valence-electron chi connectivity index (χ0n) is 20.3. The Hall–Kier alpha value is -3.39. The first-order valence-corrected chi connectivity index (χ1v) is 12.7. The fraction of sp³-hybridized carbons (Fsp3) is 0.370. The smallest absolute Gasteiger partial charge is 0.333 e. The van der Waals surface area contributed by atoms with Crippen molar-refractivity contribution in [2.75, 3.05) is 26.8 Å². The maximum absolute atomic E-state index is 13.5. The summed E-state index contributed by atoms with van der Waals surface area (Å²) < 4.78 is 12.8. The molecule has 0 saturated carbocycles. The number of aromatic nitrogens is 1. The van der Waals surface area contributed by atoms with Gasteiger partial charge in [0.1, 0.15) is 17.0 Å². The van der Waals surface area contributed by atoms with Gasteiger partial charge in [0.15, 0.2) is 0 Å². The molecule has 2 aromatic carbocycles. The Bertz CT molecular complexity index is 1420. The highest BCUT2D eigenvalue weighted by atomic mass is 32.1. The fourth-order valence-electron chi connectivity index (χ4n) is 4.46. The number of piperidine rings is 1. The Balaban J connectivity index is 1.84. The Kier molecular flexibility index (Phi) is 7.70. The minimum Gasteiger partial charge on any atom is -0.496 e. The number of amides is 1. The molecule has 0 aliphatic carbocycles. The van der Waals surface area contributed by atoms with Gasteiger partial charge < -0.3 is 14.4 Å². The summed E-state index contributed by atoms with van der Waals surface area (Å²) in [4.78, 5) is 40.6. The normalized spacial score (nSPS) is 17.1. The van der Waals surface area contributed by atoms with Gasteiger partial charge in [-0.25, -0.2) is 4.79 Å². The number of benzene rings is 2. The SMILES string of the molecule is CCOC(=O)/C=c1\s/c(=C\c2c(OC)ccc3ccccc23)c(=O)n1CC(=O)N1CCCC(C)C1. The van der Waals surface area contributed by atoms with Crippen molar-refractivity contribution in [3.8, 4) is 5.75 Å². The maximum atomic E-state index is 13.5. The molecule has 8 heteroatoms. The summed E-state index contributed by atoms with van der Waals surface area (Å²) in [6, 6.07) is 11.7. The van der Waals surface area contributed by atoms with E-state index in [1.165, 1.54) is 10.6 Å². The zero-order valence-corrected chi connectivity index (χ0v) is 21.1. The van der Waals surface area contributed by atoms with Crippen molar-refractivity contribution in [1.29, 1.82) is 0 Å². The fourth-order valence-corrected chi connectivity index (χ4v) is 5.47. The Labute approximate surface area is 207 Å². The summed E-state index contributed by atoms with van der Waals surface area (Å²) in [5.74, 6) is 0.401. The van der Waals surface area contributed by atoms with Crippen LogP contribution in [0.5, 0.6) is 5.75 Å². The van der Waals surface area contributed by atoms with Crippen molar-refractivity contribution in [2.45, 2.75) is 33.2 Å². The monoisotopic (exact) mass is 494 g/mol. The van der Waals surface area contributed by atoms with Crippen LogP contribution in [0.2, 0.25) is 0 Å². The predicted molar refractivity (Wildman–Crippen MR) is 138 cm³/mol. The number of rotatable bonds is 6. The van der Waals surface area contributed by atoms with E-state index in [0.717, 1.165) is 40.5 Å². The predicted octanol–water partition coefficient (Wildman–Crippen LogP) is 2.50. The van der Waals surface area contributed by atoms with Gasteiger partial charge in [0.2, 0.25) is 5.91 Å². The molecule has 2 heterocycles. The number of methoxy groups -OCH3 is 1. The molecule has 0 bridgehead atoms. The van der Waals surface area contributed by atoms with E-state index >= 15 is 0 Å². The molecule has 1 amide bonds. The zero-order chi connectivity index (χ0) is 24.9. The quantitative estimate of drug-likeness (QED) is 0.492. The number of hydrogen-bond donors (Lipinski definition) is 0. The molecule has 4 rings (SSSR count). The number of hydrogen-bond acceptors (Lipinski definition) is 6. The molecule has 1 saturated heterocycles. The average Bonchev–Trinajstić information content (AvgIpc) is 3.13. The van der Waals surface area contributed by atoms with E-state index in [2.05, 4.69) is 6.92 Å². The minimum absolute atomic E-state index is 0.117. The van der Waals surface area contributed by atoms with Crippen molar-refractivity contribution in [3.05, 3.63) is 61.5 Å². The number of carbonyl (C=O) groups is 2. The maximum Gasteiger partial charge on any atom is 0.333 e. The summed E-state index contributed by atoms with van der Waals surface area (Å²) in [5, 5.41) is 1.96. The van der Waals surface area contributed by atoms with Crippen LogP contribution >= 0.6 is 11.3 Å². The number of fused-ring (bicyclic) bond motifs is 1. The van der Waals surface area contributed by atoms with Crippen molar-refractivity contribution in [3.63, 3.8) is 0 Å². The first-order valence-electron chi connectivity index (χ1n) is 11.8. The van der Waals surface area contributed by atoms with Crippen LogP contribution in [0.15, 0.2) is 41.2 Å². The van der Waals surface area contributed by atoms with Crippen LogP contribution in [0, 0.1) is 5.92 Å². The second-order valence-electron chi connectivity index (χ2n) is 8.73. The van der Waals surface area contributed by atoms with Crippen molar-refractivity contribution in [1.82, 2.24) is 9.47 Å². The number of nitrogens with zero attached hydrogens (tertiary/aromatic N) is 2. The number of likely N-dealkylation sites (tertiary alicyclic amines) is 1. The lowest BCUT2D eigenvalue weighted by Crippen LogP contribution is -2.44. The summed E-state index contributed by atoms with van der Waals surface area (Å²) in [7, 11) is 1.59. The van der Waals surface area contributed by atoms with Gasteiger partial charge >= 0.3 is 5.97 Å². The lowest BCUT2D eigenvalue weighted by molar-refractivity contribution is -0.136. The summed E-state index contributed by atoms with van der Waals surface area (Å²) in [5.41, 5.74) is 0.453. The summed E-state index contributed by atoms with van der Waals surface area (Å²) in [6.07, 6.45) is 5.11. The minimum atomic E-state index is -0.546. The molecule has 35 heavy (non-hydrogen) atoms. The van der Waals surface area contributed by atoms with E-state index in [4.69, 9.17) is 9.47 Å². The van der Waals surface area contributed by atoms with Crippen LogP contribution in [0.25, 0.3) is 22.9 Å². The van der Waals surface area contributed by atoms with Gasteiger partial charge in [-0.3, -0.25) is 14.2 Å². The topological polar surface area (TPSA) is 77.8 Å². The van der Waals surface area contributed by atoms with Crippen LogP contribution in [0.1, 0.15) is 32.3 Å². The molecule has 3 aromatic rings. The first kappa shape index (κ1) is 24.7. The lowest BCUT2D eigenvalue weighted by Gasteiger charge is -2.31. The van der Waals surface area contributed by atoms with Gasteiger partial charge in [0.25, 0.3) is 5.56 Å². The Morgan fingerprint density at radius 1 is 1.20 bits per heavy atom. The van der Waals surface area contributed by atoms with Gasteiger partial charge in [-0.15, -0.1) is 11.3 Å². The Morgan fingerprint density at radius 2 is 2.00 bits per heavy atom. The molecular formula is C27H30N2O5S. The van der Waals surface area contributed by atoms with Crippen molar-refractivity contribution in [2.24, 2.45) is 5.92 Å². The van der Waals surface area contributed by atoms with Gasteiger partial charge in [-0.2, -0.15) is 0 Å². The van der Waals surface area contributed by atoms with Crippen LogP contribution in [-0.2, 0) is 20.9 Å². The van der Waals surface area contributed by atoms with Crippen molar-refractivity contribution < 1.29 is 19.1 Å². The first-order chi connectivity index (χ1) is 16.9. The van der Waals surface area contributed by atoms with Gasteiger partial charge in [0.05, 0.1) is 24.3 Å². The molecule has 1 aromatic heterocycles. The standard InChI is InChI=1S/C27H30N2O5S/c1-4-34-26(31)15-25-29(17-24(30)28-13-7-8-18(2)16-28)27(32)23(35-25)14-21-20-10-6-5-9-19(20)11-12-22(21)33-3/h5-6,9-12,14-15,18H,4,7-8,13,16-17H2,1-3H3/b23-14-,25-15-. The Morgan fingerprint density at radius 3 is 2.74 bits per heavy atom. The molecule has 1 atom stereocenters. The van der Waals surface area contributed by atoms with E-state index in [9.17, 15) is 14.4 Å². The molecule has 7 nitrogen and oxygen atoms in total. The molecule has 0 radical (unpaired) electrons. The number of carbonyl (C=O) groups excluding carboxylic acids is 2. The summed E-state index contributed by atoms with van der Waals surface area (Å²) in [6.45, 7) is 5.32. The van der Waals surface area contributed by atoms with E-state index < -0.39 is 5.97 Å². The van der Waals surface area contributed by atoms with Crippen LogP contribution in [0.4, 0.5) is 0 Å². The van der Waals surface area contributed by atoms with E-state index in [-0.39, 0.29) is 24.6 Å². The molecule has 1 unspecified atom stereocenters. The van der Waals surface area contributed by atoms with Gasteiger partial charge in [-0.1, -0.05) is 37.3 Å². The van der Waals surface area contributed by atoms with Gasteiger partial charge in [-0.05, 0) is 48.6 Å². The second kappa shape index (κ2) is 10.9. The van der Waals surface area contributed by atoms with Gasteiger partial charge in [0, 0.05) is 18.7 Å². The van der Waals surface area contributed by atoms with E-state index in [0.29, 0.717) is 34.0 Å². The van der Waals surface area contributed by atoms with E-state index in [1.807, 2.05) is 41.3 Å². The molecule has 0 N–H and O–H groups in total. The molecular weight excluding hydrogens is 464 g/mol. The second-order valence-corrected chi connectivity index (χ2v) is 9.79. The lowest BCUT2D eigenvalue weighted by atomic mass is 10.0. The van der Waals surface area contributed by atoms with Crippen molar-refractivity contribution >= 4 is 46.1 Å². The third-order valence-corrected chi connectivity index (χ3v) is 7.25. The number of ether oxygens (including phenoxy) is 2. The summed E-state index contributed by atoms with van der Waals surface area (Å²) >= 11 is 1.16. The third-order valence-electron chi connectivity index (χ3n) is 6.19. The van der Waals surface area contributed by atoms with E-state index in [1.54, 1.807) is 20.1 Å². The molecule has 1 aliphatic rings. The highest BCUT2D eigenvalue weighted by Gasteiger charge is 2.22. The molecule has 1 fully saturated rings. The highest BCUT2D eigenvalue weighted by molar-refractivity contribution is 7.07. The third kappa shape index (κ3) is 5.48. The van der Waals surface area contributed by atoms with Crippen LogP contribution < -0.4 is 19.5 Å². The number of thiazole rings is 1. The van der Waals surface area contributed by atoms with Crippen LogP contribution in [-0.4, -0.2) is 48.1 Å². The molecule has 1 aliphatic heterocycles. The molecule has 0 spiro atoms.